The zero-order valence-electron chi connectivity index (χ0n) is 11.0. The van der Waals surface area contributed by atoms with Crippen molar-refractivity contribution in [2.75, 3.05) is 0 Å². The molecular weight excluding hydrogens is 254 g/mol. The Morgan fingerprint density at radius 2 is 2.20 bits per heavy atom. The molecule has 1 aromatic carbocycles. The fraction of sp³-hybridized carbons (Fsp3) is 0.267. The van der Waals surface area contributed by atoms with Gasteiger partial charge < -0.3 is 5.32 Å². The number of aromatic nitrogens is 2. The average molecular weight is 269 g/mol. The van der Waals surface area contributed by atoms with Gasteiger partial charge in [0.2, 0.25) is 5.91 Å². The van der Waals surface area contributed by atoms with Gasteiger partial charge in [-0.05, 0) is 30.0 Å². The molecule has 5 nitrogen and oxygen atoms in total. The summed E-state index contributed by atoms with van der Waals surface area (Å²) in [6, 6.07) is 9.81. The summed E-state index contributed by atoms with van der Waals surface area (Å²) in [4.78, 5) is 27.1. The third-order valence-corrected chi connectivity index (χ3v) is 3.56. The molecule has 1 aliphatic rings. The second-order valence-electron chi connectivity index (χ2n) is 4.89. The maximum Gasteiger partial charge on any atom is 0.347 e. The van der Waals surface area contributed by atoms with Gasteiger partial charge >= 0.3 is 5.69 Å². The molecule has 5 heteroatoms. The number of carbonyl (C=O) groups excluding carboxylic acids is 1. The van der Waals surface area contributed by atoms with Crippen LogP contribution in [0.4, 0.5) is 0 Å². The smallest absolute Gasteiger partial charge is 0.347 e. The van der Waals surface area contributed by atoms with Gasteiger partial charge in [0.25, 0.3) is 0 Å². The van der Waals surface area contributed by atoms with Gasteiger partial charge in [0, 0.05) is 12.4 Å². The van der Waals surface area contributed by atoms with Gasteiger partial charge in [-0.2, -0.15) is 0 Å². The molecule has 0 spiro atoms. The largest absolute Gasteiger partial charge is 0.348 e. The van der Waals surface area contributed by atoms with Crippen LogP contribution in [-0.4, -0.2) is 15.5 Å². The topological polar surface area (TPSA) is 64.0 Å². The van der Waals surface area contributed by atoms with Crippen LogP contribution in [0.1, 0.15) is 23.6 Å². The lowest BCUT2D eigenvalue weighted by atomic mass is 10.1. The molecule has 0 aliphatic heterocycles. The first-order valence-electron chi connectivity index (χ1n) is 6.62. The molecule has 0 unspecified atom stereocenters. The number of nitrogens with zero attached hydrogens (tertiary/aromatic N) is 2. The van der Waals surface area contributed by atoms with Crippen molar-refractivity contribution in [3.8, 4) is 0 Å². The van der Waals surface area contributed by atoms with Gasteiger partial charge in [-0.15, -0.1) is 0 Å². The number of hydrogen-bond acceptors (Lipinski definition) is 3. The molecule has 0 radical (unpaired) electrons. The second-order valence-corrected chi connectivity index (χ2v) is 4.89. The van der Waals surface area contributed by atoms with E-state index in [1.165, 1.54) is 21.9 Å². The summed E-state index contributed by atoms with van der Waals surface area (Å²) in [5.41, 5.74) is 2.06. The van der Waals surface area contributed by atoms with Crippen molar-refractivity contribution in [1.82, 2.24) is 14.9 Å². The minimum atomic E-state index is -0.408. The molecule has 0 saturated carbocycles. The van der Waals surface area contributed by atoms with Crippen molar-refractivity contribution in [2.24, 2.45) is 0 Å². The monoisotopic (exact) mass is 269 g/mol. The highest BCUT2D eigenvalue weighted by Gasteiger charge is 2.23. The molecule has 1 atom stereocenters. The summed E-state index contributed by atoms with van der Waals surface area (Å²) in [5, 5.41) is 2.98. The predicted octanol–water partition coefficient (Wildman–Crippen LogP) is 1.05. The number of carbonyl (C=O) groups is 1. The highest BCUT2D eigenvalue weighted by molar-refractivity contribution is 5.76. The normalized spacial score (nSPS) is 16.7. The number of rotatable bonds is 3. The Bertz CT molecular complexity index is 693. The third kappa shape index (κ3) is 2.47. The molecule has 102 valence electrons. The SMILES string of the molecule is O=C(Cn1cccnc1=O)N[C@H]1CCc2ccccc21. The Morgan fingerprint density at radius 1 is 1.35 bits per heavy atom. The quantitative estimate of drug-likeness (QED) is 0.905. The van der Waals surface area contributed by atoms with Crippen molar-refractivity contribution in [1.29, 1.82) is 0 Å². The van der Waals surface area contributed by atoms with Crippen molar-refractivity contribution in [2.45, 2.75) is 25.4 Å². The number of aryl methyl sites for hydroxylation is 1. The third-order valence-electron chi connectivity index (χ3n) is 3.56. The van der Waals surface area contributed by atoms with E-state index in [0.717, 1.165) is 12.8 Å². The van der Waals surface area contributed by atoms with Crippen molar-refractivity contribution >= 4 is 5.91 Å². The number of amides is 1. The molecule has 0 fully saturated rings. The van der Waals surface area contributed by atoms with Crippen LogP contribution in [0, 0.1) is 0 Å². The number of fused-ring (bicyclic) bond motifs is 1. The predicted molar refractivity (Wildman–Crippen MR) is 74.1 cm³/mol. The lowest BCUT2D eigenvalue weighted by Crippen LogP contribution is -2.34. The van der Waals surface area contributed by atoms with Gasteiger partial charge in [0.15, 0.2) is 0 Å². The van der Waals surface area contributed by atoms with E-state index in [1.54, 1.807) is 12.3 Å². The lowest BCUT2D eigenvalue weighted by Gasteiger charge is -2.14. The molecule has 1 heterocycles. The molecule has 0 saturated heterocycles. The van der Waals surface area contributed by atoms with E-state index >= 15 is 0 Å². The van der Waals surface area contributed by atoms with Crippen LogP contribution in [0.15, 0.2) is 47.5 Å². The summed E-state index contributed by atoms with van der Waals surface area (Å²) >= 11 is 0. The standard InChI is InChI=1S/C15H15N3O2/c19-14(10-18-9-3-8-16-15(18)20)17-13-7-6-11-4-1-2-5-12(11)13/h1-5,8-9,13H,6-7,10H2,(H,17,19)/t13-/m0/s1. The van der Waals surface area contributed by atoms with Gasteiger partial charge in [0.05, 0.1) is 6.04 Å². The van der Waals surface area contributed by atoms with Crippen molar-refractivity contribution < 1.29 is 4.79 Å². The molecule has 0 bridgehead atoms. The maximum absolute atomic E-state index is 12.0. The fourth-order valence-electron chi connectivity index (χ4n) is 2.61. The first-order chi connectivity index (χ1) is 9.74. The van der Waals surface area contributed by atoms with Gasteiger partial charge in [0.1, 0.15) is 6.54 Å². The number of benzene rings is 1. The zero-order chi connectivity index (χ0) is 13.9. The van der Waals surface area contributed by atoms with E-state index in [2.05, 4.69) is 16.4 Å². The summed E-state index contributed by atoms with van der Waals surface area (Å²) in [6.07, 6.45) is 4.88. The molecule has 20 heavy (non-hydrogen) atoms. The van der Waals surface area contributed by atoms with Gasteiger partial charge in [-0.3, -0.25) is 9.36 Å². The molecule has 1 amide bonds. The average Bonchev–Trinajstić information content (AvgIpc) is 2.85. The Morgan fingerprint density at radius 3 is 3.05 bits per heavy atom. The van der Waals surface area contributed by atoms with E-state index in [9.17, 15) is 9.59 Å². The highest BCUT2D eigenvalue weighted by Crippen LogP contribution is 2.30. The van der Waals surface area contributed by atoms with Crippen LogP contribution in [0.25, 0.3) is 0 Å². The Balaban J connectivity index is 1.69. The lowest BCUT2D eigenvalue weighted by molar-refractivity contribution is -0.122. The van der Waals surface area contributed by atoms with Gasteiger partial charge in [-0.25, -0.2) is 9.78 Å². The fourth-order valence-corrected chi connectivity index (χ4v) is 2.61. The maximum atomic E-state index is 12.0. The van der Waals surface area contributed by atoms with Crippen LogP contribution in [0.5, 0.6) is 0 Å². The minimum absolute atomic E-state index is 0.00530. The highest BCUT2D eigenvalue weighted by atomic mass is 16.2. The van der Waals surface area contributed by atoms with Crippen LogP contribution < -0.4 is 11.0 Å². The van der Waals surface area contributed by atoms with Crippen molar-refractivity contribution in [3.63, 3.8) is 0 Å². The second kappa shape index (κ2) is 5.28. The molecular formula is C15H15N3O2. The summed E-state index contributed by atoms with van der Waals surface area (Å²) in [5.74, 6) is -0.165. The molecule has 1 aliphatic carbocycles. The molecule has 1 N–H and O–H groups in total. The molecule has 2 aromatic rings. The molecule has 3 rings (SSSR count). The van der Waals surface area contributed by atoms with E-state index in [4.69, 9.17) is 0 Å². The van der Waals surface area contributed by atoms with E-state index in [1.807, 2.05) is 18.2 Å². The summed E-state index contributed by atoms with van der Waals surface area (Å²) in [7, 11) is 0. The first kappa shape index (κ1) is 12.6. The van der Waals surface area contributed by atoms with Crippen molar-refractivity contribution in [3.05, 3.63) is 64.3 Å². The zero-order valence-corrected chi connectivity index (χ0v) is 11.0. The summed E-state index contributed by atoms with van der Waals surface area (Å²) < 4.78 is 1.30. The Labute approximate surface area is 116 Å². The Kier molecular flexibility index (Phi) is 3.33. The van der Waals surface area contributed by atoms with E-state index in [0.29, 0.717) is 0 Å². The van der Waals surface area contributed by atoms with E-state index < -0.39 is 5.69 Å². The summed E-state index contributed by atoms with van der Waals surface area (Å²) in [6.45, 7) is 0.00530. The molecule has 1 aromatic heterocycles. The van der Waals surface area contributed by atoms with E-state index in [-0.39, 0.29) is 18.5 Å². The number of nitrogens with one attached hydrogen (secondary N) is 1. The van der Waals surface area contributed by atoms with Crippen LogP contribution in [-0.2, 0) is 17.8 Å². The first-order valence-corrected chi connectivity index (χ1v) is 6.62. The van der Waals surface area contributed by atoms with Crippen LogP contribution in [0.2, 0.25) is 0 Å². The Hall–Kier alpha value is -2.43. The minimum Gasteiger partial charge on any atom is -0.348 e. The van der Waals surface area contributed by atoms with Gasteiger partial charge in [-0.1, -0.05) is 24.3 Å². The number of hydrogen-bond donors (Lipinski definition) is 1. The van der Waals surface area contributed by atoms with Crippen LogP contribution >= 0.6 is 0 Å². The van der Waals surface area contributed by atoms with Crippen LogP contribution in [0.3, 0.4) is 0 Å².